The molecule has 0 spiro atoms. The molecule has 0 radical (unpaired) electrons. The summed E-state index contributed by atoms with van der Waals surface area (Å²) >= 11 is 0. The second-order valence-corrected chi connectivity index (χ2v) is 4.70. The van der Waals surface area contributed by atoms with Crippen molar-refractivity contribution < 1.29 is 5.11 Å². The summed E-state index contributed by atoms with van der Waals surface area (Å²) in [6.07, 6.45) is 9.04. The Kier molecular flexibility index (Phi) is 6.20. The minimum absolute atomic E-state index is 0.133. The fourth-order valence-electron chi connectivity index (χ4n) is 2.22. The van der Waals surface area contributed by atoms with E-state index in [4.69, 9.17) is 5.11 Å². The highest BCUT2D eigenvalue weighted by molar-refractivity contribution is 4.67. The van der Waals surface area contributed by atoms with Crippen LogP contribution in [0.1, 0.15) is 51.9 Å². The SMILES string of the molecule is CC(O)CCCNCC1CCCCC1. The molecular formula is C12H25NO. The standard InChI is InChI=1S/C12H25NO/c1-11(14)6-5-9-13-10-12-7-3-2-4-8-12/h11-14H,2-10H2,1H3. The van der Waals surface area contributed by atoms with Crippen LogP contribution >= 0.6 is 0 Å². The molecule has 0 aromatic carbocycles. The molecule has 0 bridgehead atoms. The zero-order valence-corrected chi connectivity index (χ0v) is 9.47. The first kappa shape index (κ1) is 12.0. The van der Waals surface area contributed by atoms with Crippen LogP contribution in [0.5, 0.6) is 0 Å². The van der Waals surface area contributed by atoms with Crippen LogP contribution in [0, 0.1) is 5.92 Å². The lowest BCUT2D eigenvalue weighted by Crippen LogP contribution is -2.25. The molecule has 0 saturated heterocycles. The average Bonchev–Trinajstić information content (AvgIpc) is 2.18. The summed E-state index contributed by atoms with van der Waals surface area (Å²) in [6, 6.07) is 0. The van der Waals surface area contributed by atoms with Crippen molar-refractivity contribution in [1.82, 2.24) is 5.32 Å². The molecule has 84 valence electrons. The smallest absolute Gasteiger partial charge is 0.0512 e. The van der Waals surface area contributed by atoms with Crippen LogP contribution in [0.3, 0.4) is 0 Å². The molecule has 0 aliphatic heterocycles. The minimum atomic E-state index is -0.133. The lowest BCUT2D eigenvalue weighted by molar-refractivity contribution is 0.181. The second kappa shape index (κ2) is 7.24. The van der Waals surface area contributed by atoms with Crippen LogP contribution in [-0.2, 0) is 0 Å². The fraction of sp³-hybridized carbons (Fsp3) is 1.00. The second-order valence-electron chi connectivity index (χ2n) is 4.70. The molecule has 2 N–H and O–H groups in total. The van der Waals surface area contributed by atoms with Gasteiger partial charge in [-0.3, -0.25) is 0 Å². The van der Waals surface area contributed by atoms with Gasteiger partial charge in [-0.1, -0.05) is 19.3 Å². The molecule has 1 aliphatic carbocycles. The van der Waals surface area contributed by atoms with E-state index in [9.17, 15) is 0 Å². The van der Waals surface area contributed by atoms with E-state index in [1.54, 1.807) is 0 Å². The van der Waals surface area contributed by atoms with Crippen molar-refractivity contribution in [3.8, 4) is 0 Å². The summed E-state index contributed by atoms with van der Waals surface area (Å²) in [5.74, 6) is 0.926. The van der Waals surface area contributed by atoms with E-state index in [1.807, 2.05) is 6.92 Å². The van der Waals surface area contributed by atoms with Crippen molar-refractivity contribution >= 4 is 0 Å². The maximum absolute atomic E-state index is 9.07. The third kappa shape index (κ3) is 5.61. The molecule has 0 heterocycles. The van der Waals surface area contributed by atoms with E-state index in [1.165, 1.54) is 38.6 Å². The van der Waals surface area contributed by atoms with Crippen LogP contribution in [0.4, 0.5) is 0 Å². The maximum atomic E-state index is 9.07. The van der Waals surface area contributed by atoms with Gasteiger partial charge in [0.25, 0.3) is 0 Å². The zero-order chi connectivity index (χ0) is 10.2. The summed E-state index contributed by atoms with van der Waals surface area (Å²) < 4.78 is 0. The Morgan fingerprint density at radius 2 is 2.00 bits per heavy atom. The van der Waals surface area contributed by atoms with E-state index >= 15 is 0 Å². The van der Waals surface area contributed by atoms with Gasteiger partial charge in [-0.25, -0.2) is 0 Å². The van der Waals surface area contributed by atoms with E-state index in [-0.39, 0.29) is 6.10 Å². The molecule has 0 aromatic heterocycles. The van der Waals surface area contributed by atoms with Crippen LogP contribution in [0.15, 0.2) is 0 Å². The lowest BCUT2D eigenvalue weighted by atomic mass is 9.89. The molecule has 2 heteroatoms. The summed E-state index contributed by atoms with van der Waals surface area (Å²) in [7, 11) is 0. The largest absolute Gasteiger partial charge is 0.393 e. The van der Waals surface area contributed by atoms with Crippen LogP contribution in [0.2, 0.25) is 0 Å². The first-order valence-electron chi connectivity index (χ1n) is 6.18. The Labute approximate surface area is 88.1 Å². The first-order valence-corrected chi connectivity index (χ1v) is 6.18. The van der Waals surface area contributed by atoms with Crippen molar-refractivity contribution in [2.24, 2.45) is 5.92 Å². The topological polar surface area (TPSA) is 32.3 Å². The molecule has 2 nitrogen and oxygen atoms in total. The monoisotopic (exact) mass is 199 g/mol. The quantitative estimate of drug-likeness (QED) is 0.643. The van der Waals surface area contributed by atoms with Gasteiger partial charge in [0.15, 0.2) is 0 Å². The van der Waals surface area contributed by atoms with Crippen LogP contribution < -0.4 is 5.32 Å². The molecule has 1 saturated carbocycles. The van der Waals surface area contributed by atoms with Gasteiger partial charge in [0.05, 0.1) is 6.10 Å². The molecule has 1 unspecified atom stereocenters. The number of hydrogen-bond donors (Lipinski definition) is 2. The Balaban J connectivity index is 1.87. The highest BCUT2D eigenvalue weighted by Crippen LogP contribution is 2.22. The van der Waals surface area contributed by atoms with Crippen molar-refractivity contribution in [1.29, 1.82) is 0 Å². The molecule has 1 fully saturated rings. The first-order chi connectivity index (χ1) is 6.79. The van der Waals surface area contributed by atoms with Gasteiger partial charge in [0.1, 0.15) is 0 Å². The predicted octanol–water partition coefficient (Wildman–Crippen LogP) is 2.32. The summed E-state index contributed by atoms with van der Waals surface area (Å²) in [5, 5.41) is 12.6. The summed E-state index contributed by atoms with van der Waals surface area (Å²) in [5.41, 5.74) is 0. The van der Waals surface area contributed by atoms with Gasteiger partial charge in [-0.2, -0.15) is 0 Å². The molecular weight excluding hydrogens is 174 g/mol. The van der Waals surface area contributed by atoms with Gasteiger partial charge in [-0.15, -0.1) is 0 Å². The third-order valence-corrected chi connectivity index (χ3v) is 3.13. The molecule has 1 atom stereocenters. The Morgan fingerprint density at radius 1 is 1.29 bits per heavy atom. The maximum Gasteiger partial charge on any atom is 0.0512 e. The molecule has 1 rings (SSSR count). The normalized spacial score (nSPS) is 21.0. The van der Waals surface area contributed by atoms with Gasteiger partial charge in [-0.05, 0) is 51.6 Å². The van der Waals surface area contributed by atoms with Crippen molar-refractivity contribution in [3.63, 3.8) is 0 Å². The zero-order valence-electron chi connectivity index (χ0n) is 9.47. The number of nitrogens with one attached hydrogen (secondary N) is 1. The van der Waals surface area contributed by atoms with E-state index < -0.39 is 0 Å². The molecule has 14 heavy (non-hydrogen) atoms. The lowest BCUT2D eigenvalue weighted by Gasteiger charge is -2.21. The van der Waals surface area contributed by atoms with Crippen LogP contribution in [-0.4, -0.2) is 24.3 Å². The van der Waals surface area contributed by atoms with Crippen molar-refractivity contribution in [2.75, 3.05) is 13.1 Å². The Bertz CT molecular complexity index is 130. The molecule has 0 amide bonds. The average molecular weight is 199 g/mol. The van der Waals surface area contributed by atoms with E-state index in [0.717, 1.165) is 25.3 Å². The number of aliphatic hydroxyl groups excluding tert-OH is 1. The number of aliphatic hydroxyl groups is 1. The van der Waals surface area contributed by atoms with E-state index in [2.05, 4.69) is 5.32 Å². The summed E-state index contributed by atoms with van der Waals surface area (Å²) in [4.78, 5) is 0. The minimum Gasteiger partial charge on any atom is -0.393 e. The number of rotatable bonds is 6. The third-order valence-electron chi connectivity index (χ3n) is 3.13. The highest BCUT2D eigenvalue weighted by atomic mass is 16.3. The molecule has 1 aliphatic rings. The van der Waals surface area contributed by atoms with Gasteiger partial charge in [0.2, 0.25) is 0 Å². The van der Waals surface area contributed by atoms with Crippen molar-refractivity contribution in [2.45, 2.75) is 58.0 Å². The van der Waals surface area contributed by atoms with E-state index in [0.29, 0.717) is 0 Å². The Hall–Kier alpha value is -0.0800. The fourth-order valence-corrected chi connectivity index (χ4v) is 2.22. The molecule has 0 aromatic rings. The Morgan fingerprint density at radius 3 is 2.64 bits per heavy atom. The van der Waals surface area contributed by atoms with Crippen LogP contribution in [0.25, 0.3) is 0 Å². The van der Waals surface area contributed by atoms with Crippen molar-refractivity contribution in [3.05, 3.63) is 0 Å². The number of hydrogen-bond acceptors (Lipinski definition) is 2. The predicted molar refractivity (Wildman–Crippen MR) is 60.4 cm³/mol. The van der Waals surface area contributed by atoms with Gasteiger partial charge < -0.3 is 10.4 Å². The summed E-state index contributed by atoms with van der Waals surface area (Å²) in [6.45, 7) is 4.13. The van der Waals surface area contributed by atoms with Gasteiger partial charge in [0, 0.05) is 0 Å². The van der Waals surface area contributed by atoms with Gasteiger partial charge >= 0.3 is 0 Å². The highest BCUT2D eigenvalue weighted by Gasteiger charge is 2.12.